The van der Waals surface area contributed by atoms with Crippen molar-refractivity contribution in [2.75, 3.05) is 5.32 Å². The fourth-order valence-electron chi connectivity index (χ4n) is 2.77. The van der Waals surface area contributed by atoms with Gasteiger partial charge in [-0.2, -0.15) is 0 Å². The molecular weight excluding hydrogens is 388 g/mol. The summed E-state index contributed by atoms with van der Waals surface area (Å²) >= 11 is 0. The predicted octanol–water partition coefficient (Wildman–Crippen LogP) is 4.21. The Morgan fingerprint density at radius 2 is 1.73 bits per heavy atom. The molecule has 0 radical (unpaired) electrons. The molecule has 0 amide bonds. The van der Waals surface area contributed by atoms with E-state index in [0.717, 1.165) is 11.6 Å². The minimum atomic E-state index is -0.952. The Morgan fingerprint density at radius 3 is 2.30 bits per heavy atom. The molecule has 0 unspecified atom stereocenters. The van der Waals surface area contributed by atoms with E-state index < -0.39 is 27.6 Å². The molecule has 30 heavy (non-hydrogen) atoms. The van der Waals surface area contributed by atoms with Crippen molar-refractivity contribution >= 4 is 22.9 Å². The average molecular weight is 406 g/mol. The molecule has 0 fully saturated rings. The van der Waals surface area contributed by atoms with Crippen LogP contribution in [0.5, 0.6) is 5.75 Å². The molecule has 8 heteroatoms. The molecule has 0 saturated carbocycles. The van der Waals surface area contributed by atoms with Crippen molar-refractivity contribution in [3.63, 3.8) is 0 Å². The Balaban J connectivity index is 2.06. The number of aromatic hydroxyl groups is 1. The van der Waals surface area contributed by atoms with Gasteiger partial charge in [0.05, 0.1) is 4.92 Å². The van der Waals surface area contributed by atoms with Crippen LogP contribution in [0.1, 0.15) is 27.2 Å². The summed E-state index contributed by atoms with van der Waals surface area (Å²) in [5.41, 5.74) is 0.927. The van der Waals surface area contributed by atoms with Gasteiger partial charge in [-0.1, -0.05) is 17.7 Å². The van der Waals surface area contributed by atoms with Gasteiger partial charge in [0, 0.05) is 35.7 Å². The van der Waals surface area contributed by atoms with Crippen LogP contribution in [0.25, 0.3) is 5.70 Å². The number of ketones is 1. The summed E-state index contributed by atoms with van der Waals surface area (Å²) in [4.78, 5) is 35.2. The van der Waals surface area contributed by atoms with Crippen LogP contribution in [-0.2, 0) is 0 Å². The summed E-state index contributed by atoms with van der Waals surface area (Å²) < 4.78 is 4.91. The van der Waals surface area contributed by atoms with Gasteiger partial charge in [0.25, 0.3) is 5.69 Å². The van der Waals surface area contributed by atoms with Crippen molar-refractivity contribution in [3.05, 3.63) is 104 Å². The third-order valence-electron chi connectivity index (χ3n) is 4.30. The maximum atomic E-state index is 12.8. The van der Waals surface area contributed by atoms with Crippen molar-refractivity contribution in [2.24, 2.45) is 0 Å². The largest absolute Gasteiger partial charge is 0.507 e. The van der Waals surface area contributed by atoms with Gasteiger partial charge in [-0.15, -0.1) is 0 Å². The van der Waals surface area contributed by atoms with Crippen LogP contribution in [0.4, 0.5) is 11.4 Å². The summed E-state index contributed by atoms with van der Waals surface area (Å²) in [5, 5.41) is 24.0. The average Bonchev–Trinajstić information content (AvgIpc) is 2.68. The Labute approximate surface area is 171 Å². The van der Waals surface area contributed by atoms with Crippen molar-refractivity contribution in [3.8, 4) is 5.75 Å². The number of hydrogen-bond donors (Lipinski definition) is 2. The number of rotatable bonds is 6. The second-order valence-corrected chi connectivity index (χ2v) is 6.62. The van der Waals surface area contributed by atoms with Gasteiger partial charge in [-0.05, 0) is 43.7 Å². The number of carbonyl (C=O) groups is 1. The first-order valence-electron chi connectivity index (χ1n) is 8.93. The SMILES string of the molecule is Cc1ccc(N/C(=C\C(=O)c2c(O)cc(C)oc2=O)c2ccc([N+](=O)[O-])cc2)cc1. The molecule has 1 aromatic heterocycles. The molecule has 2 aromatic carbocycles. The second-order valence-electron chi connectivity index (χ2n) is 6.62. The number of nitrogens with zero attached hydrogens (tertiary/aromatic N) is 1. The lowest BCUT2D eigenvalue weighted by Crippen LogP contribution is -2.14. The zero-order chi connectivity index (χ0) is 21.8. The fraction of sp³-hybridized carbons (Fsp3) is 0.0909. The molecule has 0 spiro atoms. The van der Waals surface area contributed by atoms with Gasteiger partial charge < -0.3 is 14.8 Å². The Bertz CT molecular complexity index is 1190. The van der Waals surface area contributed by atoms with Crippen LogP contribution in [0, 0.1) is 24.0 Å². The molecule has 8 nitrogen and oxygen atoms in total. The first-order chi connectivity index (χ1) is 14.2. The third-order valence-corrected chi connectivity index (χ3v) is 4.30. The highest BCUT2D eigenvalue weighted by molar-refractivity contribution is 6.10. The monoisotopic (exact) mass is 406 g/mol. The maximum Gasteiger partial charge on any atom is 0.351 e. The number of anilines is 1. The van der Waals surface area contributed by atoms with Gasteiger partial charge in [0.1, 0.15) is 17.1 Å². The van der Waals surface area contributed by atoms with Crippen LogP contribution in [0.3, 0.4) is 0 Å². The zero-order valence-electron chi connectivity index (χ0n) is 16.2. The third kappa shape index (κ3) is 4.61. The van der Waals surface area contributed by atoms with E-state index in [2.05, 4.69) is 5.32 Å². The first-order valence-corrected chi connectivity index (χ1v) is 8.93. The summed E-state index contributed by atoms with van der Waals surface area (Å²) in [6, 6.07) is 14.1. The molecule has 2 N–H and O–H groups in total. The highest BCUT2D eigenvalue weighted by Gasteiger charge is 2.18. The second kappa shape index (κ2) is 8.44. The van der Waals surface area contributed by atoms with Gasteiger partial charge in [-0.3, -0.25) is 14.9 Å². The number of nitrogens with one attached hydrogen (secondary N) is 1. The lowest BCUT2D eigenvalue weighted by Gasteiger charge is -2.12. The van der Waals surface area contributed by atoms with E-state index in [0.29, 0.717) is 11.3 Å². The van der Waals surface area contributed by atoms with E-state index >= 15 is 0 Å². The number of hydrogen-bond acceptors (Lipinski definition) is 7. The normalized spacial score (nSPS) is 11.2. The maximum absolute atomic E-state index is 12.8. The predicted molar refractivity (Wildman–Crippen MR) is 112 cm³/mol. The van der Waals surface area contributed by atoms with Gasteiger partial charge >= 0.3 is 5.63 Å². The molecule has 3 aromatic rings. The van der Waals surface area contributed by atoms with Gasteiger partial charge in [-0.25, -0.2) is 4.79 Å². The fourth-order valence-corrected chi connectivity index (χ4v) is 2.77. The number of nitro groups is 1. The minimum absolute atomic E-state index is 0.100. The summed E-state index contributed by atoms with van der Waals surface area (Å²) in [7, 11) is 0. The van der Waals surface area contributed by atoms with Crippen molar-refractivity contribution in [1.29, 1.82) is 0 Å². The molecule has 0 atom stereocenters. The van der Waals surface area contributed by atoms with Crippen molar-refractivity contribution in [2.45, 2.75) is 13.8 Å². The summed E-state index contributed by atoms with van der Waals surface area (Å²) in [6.45, 7) is 3.41. The zero-order valence-corrected chi connectivity index (χ0v) is 16.2. The minimum Gasteiger partial charge on any atom is -0.507 e. The lowest BCUT2D eigenvalue weighted by molar-refractivity contribution is -0.384. The highest BCUT2D eigenvalue weighted by atomic mass is 16.6. The van der Waals surface area contributed by atoms with E-state index in [1.54, 1.807) is 12.1 Å². The van der Waals surface area contributed by atoms with Crippen LogP contribution >= 0.6 is 0 Å². The van der Waals surface area contributed by atoms with Crippen LogP contribution in [-0.4, -0.2) is 15.8 Å². The van der Waals surface area contributed by atoms with Crippen LogP contribution < -0.4 is 10.9 Å². The molecule has 0 aliphatic rings. The highest BCUT2D eigenvalue weighted by Crippen LogP contribution is 2.23. The molecule has 152 valence electrons. The summed E-state index contributed by atoms with van der Waals surface area (Å²) in [6.07, 6.45) is 1.14. The number of nitro benzene ring substituents is 1. The Kier molecular flexibility index (Phi) is 5.78. The molecule has 0 aliphatic heterocycles. The number of non-ortho nitro benzene ring substituents is 1. The van der Waals surface area contributed by atoms with E-state index in [9.17, 15) is 24.8 Å². The smallest absolute Gasteiger partial charge is 0.351 e. The molecule has 3 rings (SSSR count). The topological polar surface area (TPSA) is 123 Å². The number of carbonyl (C=O) groups excluding carboxylic acids is 1. The molecule has 0 aliphatic carbocycles. The molecule has 0 bridgehead atoms. The van der Waals surface area contributed by atoms with E-state index in [1.165, 1.54) is 37.3 Å². The molecule has 1 heterocycles. The lowest BCUT2D eigenvalue weighted by atomic mass is 10.1. The van der Waals surface area contributed by atoms with Gasteiger partial charge in [0.15, 0.2) is 5.78 Å². The van der Waals surface area contributed by atoms with E-state index in [1.807, 2.05) is 19.1 Å². The van der Waals surface area contributed by atoms with Gasteiger partial charge in [0.2, 0.25) is 0 Å². The van der Waals surface area contributed by atoms with Crippen molar-refractivity contribution in [1.82, 2.24) is 0 Å². The Morgan fingerprint density at radius 1 is 1.10 bits per heavy atom. The van der Waals surface area contributed by atoms with E-state index in [4.69, 9.17) is 4.42 Å². The van der Waals surface area contributed by atoms with Crippen molar-refractivity contribution < 1.29 is 19.2 Å². The quantitative estimate of drug-likeness (QED) is 0.272. The molecule has 0 saturated heterocycles. The first kappa shape index (κ1) is 20.5. The number of aryl methyl sites for hydroxylation is 2. The standard InChI is InChI=1S/C22H18N2O6/c1-13-3-7-16(8-4-13)23-18(15-5-9-17(10-6-15)24(28)29)12-20(26)21-19(25)11-14(2)30-22(21)27/h3-12,23,25H,1-2H3/b18-12-. The van der Waals surface area contributed by atoms with Crippen LogP contribution in [0.15, 0.2) is 69.9 Å². The number of allylic oxidation sites excluding steroid dienone is 1. The van der Waals surface area contributed by atoms with Crippen LogP contribution in [0.2, 0.25) is 0 Å². The molecular formula is C22H18N2O6. The van der Waals surface area contributed by atoms with E-state index in [-0.39, 0.29) is 17.1 Å². The Hall–Kier alpha value is -4.20. The summed E-state index contributed by atoms with van der Waals surface area (Å²) in [5.74, 6) is -1.08. The number of benzene rings is 2.